The summed E-state index contributed by atoms with van der Waals surface area (Å²) in [6.45, 7) is 5.66. The second kappa shape index (κ2) is 7.99. The number of carbonyl (C=O) groups is 2. The van der Waals surface area contributed by atoms with E-state index in [1.54, 1.807) is 4.90 Å². The number of hydrogen-bond acceptors (Lipinski definition) is 3. The summed E-state index contributed by atoms with van der Waals surface area (Å²) in [5.41, 5.74) is 0. The SMILES string of the molecule is CCCCN(C)C(=O)N1CCCN(CC(=O)O)CC1. The van der Waals surface area contributed by atoms with Gasteiger partial charge in [-0.1, -0.05) is 13.3 Å². The summed E-state index contributed by atoms with van der Waals surface area (Å²) in [7, 11) is 1.83. The maximum absolute atomic E-state index is 12.2. The van der Waals surface area contributed by atoms with Gasteiger partial charge in [-0.25, -0.2) is 4.79 Å². The van der Waals surface area contributed by atoms with E-state index in [1.165, 1.54) is 0 Å². The van der Waals surface area contributed by atoms with Crippen LogP contribution in [0.3, 0.4) is 0 Å². The number of amides is 2. The van der Waals surface area contributed by atoms with Crippen LogP contribution in [0.5, 0.6) is 0 Å². The second-order valence-electron chi connectivity index (χ2n) is 5.07. The molecule has 1 aliphatic rings. The average molecular weight is 271 g/mol. The molecule has 6 heteroatoms. The van der Waals surface area contributed by atoms with Gasteiger partial charge in [-0.15, -0.1) is 0 Å². The number of carbonyl (C=O) groups excluding carboxylic acids is 1. The zero-order valence-electron chi connectivity index (χ0n) is 12.0. The first-order chi connectivity index (χ1) is 9.04. The van der Waals surface area contributed by atoms with Crippen LogP contribution in [0.1, 0.15) is 26.2 Å². The molecule has 0 saturated carbocycles. The van der Waals surface area contributed by atoms with Gasteiger partial charge in [0.1, 0.15) is 0 Å². The van der Waals surface area contributed by atoms with Crippen molar-refractivity contribution in [1.29, 1.82) is 0 Å². The number of hydrogen-bond donors (Lipinski definition) is 1. The Hall–Kier alpha value is -1.30. The fourth-order valence-electron chi connectivity index (χ4n) is 2.24. The van der Waals surface area contributed by atoms with Crippen LogP contribution in [0, 0.1) is 0 Å². The summed E-state index contributed by atoms with van der Waals surface area (Å²) >= 11 is 0. The van der Waals surface area contributed by atoms with Crippen molar-refractivity contribution in [3.63, 3.8) is 0 Å². The Morgan fingerprint density at radius 2 is 1.95 bits per heavy atom. The minimum absolute atomic E-state index is 0.0608. The summed E-state index contributed by atoms with van der Waals surface area (Å²) in [5.74, 6) is -0.806. The summed E-state index contributed by atoms with van der Waals surface area (Å²) < 4.78 is 0. The van der Waals surface area contributed by atoms with Crippen molar-refractivity contribution in [2.24, 2.45) is 0 Å². The lowest BCUT2D eigenvalue weighted by molar-refractivity contribution is -0.138. The predicted octanol–water partition coefficient (Wildman–Crippen LogP) is 0.931. The smallest absolute Gasteiger partial charge is 0.319 e. The van der Waals surface area contributed by atoms with E-state index in [0.717, 1.165) is 32.4 Å². The van der Waals surface area contributed by atoms with Crippen LogP contribution in [-0.4, -0.2) is 78.1 Å². The Kier molecular flexibility index (Phi) is 6.62. The zero-order valence-corrected chi connectivity index (χ0v) is 12.0. The van der Waals surface area contributed by atoms with E-state index in [-0.39, 0.29) is 12.6 Å². The quantitative estimate of drug-likeness (QED) is 0.808. The van der Waals surface area contributed by atoms with Crippen molar-refractivity contribution < 1.29 is 14.7 Å². The standard InChI is InChI=1S/C13H25N3O3/c1-3-4-6-14(2)13(19)16-8-5-7-15(9-10-16)11-12(17)18/h3-11H2,1-2H3,(H,17,18). The molecule has 6 nitrogen and oxygen atoms in total. The molecule has 0 atom stereocenters. The Morgan fingerprint density at radius 1 is 1.21 bits per heavy atom. The second-order valence-corrected chi connectivity index (χ2v) is 5.07. The monoisotopic (exact) mass is 271 g/mol. The summed E-state index contributed by atoms with van der Waals surface area (Å²) in [4.78, 5) is 28.4. The molecule has 0 spiro atoms. The van der Waals surface area contributed by atoms with Crippen LogP contribution in [0.4, 0.5) is 4.79 Å². The molecule has 0 aromatic rings. The van der Waals surface area contributed by atoms with Gasteiger partial charge in [-0.05, 0) is 12.8 Å². The number of urea groups is 1. The van der Waals surface area contributed by atoms with Crippen LogP contribution in [0.15, 0.2) is 0 Å². The number of carboxylic acids is 1. The zero-order chi connectivity index (χ0) is 14.3. The third-order valence-corrected chi connectivity index (χ3v) is 3.39. The molecule has 2 amide bonds. The average Bonchev–Trinajstić information content (AvgIpc) is 2.60. The van der Waals surface area contributed by atoms with E-state index in [2.05, 4.69) is 6.92 Å². The summed E-state index contributed by atoms with van der Waals surface area (Å²) in [6.07, 6.45) is 2.92. The van der Waals surface area contributed by atoms with Crippen LogP contribution < -0.4 is 0 Å². The summed E-state index contributed by atoms with van der Waals surface area (Å²) in [6, 6.07) is 0.0608. The van der Waals surface area contributed by atoms with Crippen molar-refractivity contribution in [3.8, 4) is 0 Å². The third-order valence-electron chi connectivity index (χ3n) is 3.39. The highest BCUT2D eigenvalue weighted by molar-refractivity contribution is 5.74. The molecule has 1 rings (SSSR count). The number of aliphatic carboxylic acids is 1. The number of carboxylic acid groups (broad SMARTS) is 1. The Morgan fingerprint density at radius 3 is 2.58 bits per heavy atom. The highest BCUT2D eigenvalue weighted by Gasteiger charge is 2.22. The van der Waals surface area contributed by atoms with E-state index < -0.39 is 5.97 Å². The molecule has 1 saturated heterocycles. The van der Waals surface area contributed by atoms with Gasteiger partial charge in [-0.2, -0.15) is 0 Å². The Bertz CT molecular complexity index is 310. The predicted molar refractivity (Wildman–Crippen MR) is 73.2 cm³/mol. The van der Waals surface area contributed by atoms with Crippen LogP contribution in [-0.2, 0) is 4.79 Å². The first kappa shape index (κ1) is 15.8. The van der Waals surface area contributed by atoms with Crippen molar-refractivity contribution in [3.05, 3.63) is 0 Å². The Labute approximate surface area is 115 Å². The van der Waals surface area contributed by atoms with Gasteiger partial charge in [0.25, 0.3) is 0 Å². The molecule has 0 radical (unpaired) electrons. The molecular formula is C13H25N3O3. The van der Waals surface area contributed by atoms with Crippen molar-refractivity contribution in [2.75, 3.05) is 46.3 Å². The van der Waals surface area contributed by atoms with Crippen molar-refractivity contribution >= 4 is 12.0 Å². The van der Waals surface area contributed by atoms with Gasteiger partial charge < -0.3 is 14.9 Å². The lowest BCUT2D eigenvalue weighted by Crippen LogP contribution is -2.43. The highest BCUT2D eigenvalue weighted by Crippen LogP contribution is 2.06. The van der Waals surface area contributed by atoms with E-state index in [1.807, 2.05) is 16.8 Å². The van der Waals surface area contributed by atoms with Crippen LogP contribution in [0.25, 0.3) is 0 Å². The van der Waals surface area contributed by atoms with Crippen molar-refractivity contribution in [1.82, 2.24) is 14.7 Å². The van der Waals surface area contributed by atoms with Crippen LogP contribution >= 0.6 is 0 Å². The van der Waals surface area contributed by atoms with E-state index in [4.69, 9.17) is 5.11 Å². The molecule has 0 aromatic carbocycles. The Balaban J connectivity index is 2.43. The third kappa shape index (κ3) is 5.46. The maximum Gasteiger partial charge on any atom is 0.319 e. The number of nitrogens with zero attached hydrogens (tertiary/aromatic N) is 3. The highest BCUT2D eigenvalue weighted by atomic mass is 16.4. The molecule has 19 heavy (non-hydrogen) atoms. The molecule has 0 unspecified atom stereocenters. The lowest BCUT2D eigenvalue weighted by Gasteiger charge is -2.27. The molecule has 0 aliphatic carbocycles. The maximum atomic E-state index is 12.2. The topological polar surface area (TPSA) is 64.1 Å². The lowest BCUT2D eigenvalue weighted by atomic mass is 10.3. The summed E-state index contributed by atoms with van der Waals surface area (Å²) in [5, 5.41) is 8.79. The first-order valence-electron chi connectivity index (χ1n) is 6.98. The van der Waals surface area contributed by atoms with Gasteiger partial charge in [-0.3, -0.25) is 9.69 Å². The normalized spacial score (nSPS) is 17.1. The molecule has 1 aliphatic heterocycles. The minimum Gasteiger partial charge on any atom is -0.480 e. The molecule has 0 bridgehead atoms. The first-order valence-corrected chi connectivity index (χ1v) is 6.98. The minimum atomic E-state index is -0.806. The number of rotatable bonds is 5. The van der Waals surface area contributed by atoms with Gasteiger partial charge in [0.2, 0.25) is 0 Å². The fraction of sp³-hybridized carbons (Fsp3) is 0.846. The molecular weight excluding hydrogens is 246 g/mol. The van der Waals surface area contributed by atoms with Crippen LogP contribution in [0.2, 0.25) is 0 Å². The van der Waals surface area contributed by atoms with Gasteiger partial charge >= 0.3 is 12.0 Å². The van der Waals surface area contributed by atoms with Gasteiger partial charge in [0.05, 0.1) is 6.54 Å². The molecule has 1 heterocycles. The largest absolute Gasteiger partial charge is 0.480 e. The molecule has 1 N–H and O–H groups in total. The molecule has 0 aromatic heterocycles. The van der Waals surface area contributed by atoms with Gasteiger partial charge in [0, 0.05) is 39.8 Å². The molecule has 110 valence electrons. The molecule has 1 fully saturated rings. The number of unbranched alkanes of at least 4 members (excludes halogenated alkanes) is 1. The fourth-order valence-corrected chi connectivity index (χ4v) is 2.24. The van der Waals surface area contributed by atoms with E-state index in [9.17, 15) is 9.59 Å². The van der Waals surface area contributed by atoms with Gasteiger partial charge in [0.15, 0.2) is 0 Å². The van der Waals surface area contributed by atoms with E-state index in [0.29, 0.717) is 19.6 Å². The van der Waals surface area contributed by atoms with Crippen molar-refractivity contribution in [2.45, 2.75) is 26.2 Å². The van der Waals surface area contributed by atoms with E-state index >= 15 is 0 Å².